The van der Waals surface area contributed by atoms with E-state index in [1.54, 1.807) is 4.68 Å². The number of aryl methyl sites for hydroxylation is 1. The van der Waals surface area contributed by atoms with Gasteiger partial charge in [-0.3, -0.25) is 0 Å². The van der Waals surface area contributed by atoms with E-state index in [2.05, 4.69) is 31.5 Å². The molecule has 1 aromatic carbocycles. The van der Waals surface area contributed by atoms with Crippen molar-refractivity contribution in [3.63, 3.8) is 0 Å². The van der Waals surface area contributed by atoms with Crippen LogP contribution in [0, 0.1) is 0 Å². The zero-order chi connectivity index (χ0) is 10.8. The number of halogens is 1. The minimum absolute atomic E-state index is 0.645. The Morgan fingerprint density at radius 2 is 2.27 bits per heavy atom. The molecule has 0 saturated heterocycles. The van der Waals surface area contributed by atoms with Crippen LogP contribution in [0.15, 0.2) is 22.7 Å². The summed E-state index contributed by atoms with van der Waals surface area (Å²) in [6.07, 6.45) is 0.766. The highest BCUT2D eigenvalue weighted by Gasteiger charge is 2.08. The Labute approximate surface area is 95.4 Å². The van der Waals surface area contributed by atoms with Crippen LogP contribution in [0.1, 0.15) is 12.7 Å². The molecular weight excluding hydrogens is 258 g/mol. The Bertz CT molecular complexity index is 479. The van der Waals surface area contributed by atoms with Crippen molar-refractivity contribution in [2.24, 2.45) is 0 Å². The van der Waals surface area contributed by atoms with E-state index in [0.29, 0.717) is 5.69 Å². The van der Waals surface area contributed by atoms with Crippen molar-refractivity contribution in [3.8, 4) is 5.69 Å². The standard InChI is InChI=1S/C9H10BrN5/c1-2-9-12-13-14-15(9)8-4-3-6(10)5-7(8)11/h3-5H,2,11H2,1H3. The lowest BCUT2D eigenvalue weighted by atomic mass is 10.2. The highest BCUT2D eigenvalue weighted by molar-refractivity contribution is 9.10. The first-order valence-electron chi connectivity index (χ1n) is 4.55. The highest BCUT2D eigenvalue weighted by Crippen LogP contribution is 2.21. The van der Waals surface area contributed by atoms with Gasteiger partial charge in [0.05, 0.1) is 11.4 Å². The van der Waals surface area contributed by atoms with E-state index >= 15 is 0 Å². The van der Waals surface area contributed by atoms with E-state index < -0.39 is 0 Å². The molecule has 5 nitrogen and oxygen atoms in total. The van der Waals surface area contributed by atoms with Gasteiger partial charge in [-0.15, -0.1) is 5.10 Å². The highest BCUT2D eigenvalue weighted by atomic mass is 79.9. The zero-order valence-electron chi connectivity index (χ0n) is 8.18. The van der Waals surface area contributed by atoms with Crippen molar-refractivity contribution in [3.05, 3.63) is 28.5 Å². The van der Waals surface area contributed by atoms with Crippen LogP contribution in [0.2, 0.25) is 0 Å². The molecule has 15 heavy (non-hydrogen) atoms. The van der Waals surface area contributed by atoms with Gasteiger partial charge in [0.2, 0.25) is 0 Å². The van der Waals surface area contributed by atoms with Crippen molar-refractivity contribution in [1.82, 2.24) is 20.2 Å². The van der Waals surface area contributed by atoms with Gasteiger partial charge in [-0.05, 0) is 28.6 Å². The van der Waals surface area contributed by atoms with Crippen LogP contribution in [-0.4, -0.2) is 20.2 Å². The maximum absolute atomic E-state index is 5.89. The lowest BCUT2D eigenvalue weighted by Gasteiger charge is -2.06. The van der Waals surface area contributed by atoms with Crippen LogP contribution in [0.25, 0.3) is 5.69 Å². The van der Waals surface area contributed by atoms with Crippen molar-refractivity contribution in [2.45, 2.75) is 13.3 Å². The largest absolute Gasteiger partial charge is 0.397 e. The smallest absolute Gasteiger partial charge is 0.156 e. The van der Waals surface area contributed by atoms with Gasteiger partial charge in [0.1, 0.15) is 0 Å². The lowest BCUT2D eigenvalue weighted by Crippen LogP contribution is -2.05. The molecule has 1 aromatic heterocycles. The predicted molar refractivity (Wildman–Crippen MR) is 60.6 cm³/mol. The molecule has 2 N–H and O–H groups in total. The van der Waals surface area contributed by atoms with Crippen LogP contribution < -0.4 is 5.73 Å². The fourth-order valence-electron chi connectivity index (χ4n) is 1.33. The van der Waals surface area contributed by atoms with E-state index in [1.807, 2.05) is 25.1 Å². The number of benzene rings is 1. The number of nitrogen functional groups attached to an aromatic ring is 1. The molecular formula is C9H10BrN5. The average molecular weight is 268 g/mol. The summed E-state index contributed by atoms with van der Waals surface area (Å²) in [7, 11) is 0. The third-order valence-corrected chi connectivity index (χ3v) is 2.56. The van der Waals surface area contributed by atoms with Gasteiger partial charge in [-0.2, -0.15) is 4.68 Å². The number of anilines is 1. The molecule has 2 rings (SSSR count). The molecule has 0 atom stereocenters. The second-order valence-corrected chi connectivity index (χ2v) is 3.98. The molecule has 2 aromatic rings. The first-order chi connectivity index (χ1) is 7.22. The quantitative estimate of drug-likeness (QED) is 0.839. The molecule has 0 bridgehead atoms. The zero-order valence-corrected chi connectivity index (χ0v) is 9.77. The van der Waals surface area contributed by atoms with Gasteiger partial charge < -0.3 is 5.73 Å². The lowest BCUT2D eigenvalue weighted by molar-refractivity contribution is 0.768. The summed E-state index contributed by atoms with van der Waals surface area (Å²) in [6.45, 7) is 2.00. The molecule has 78 valence electrons. The number of aromatic nitrogens is 4. The molecule has 1 heterocycles. The van der Waals surface area contributed by atoms with Gasteiger partial charge in [0.15, 0.2) is 5.82 Å². The number of nitrogens with two attached hydrogens (primary N) is 1. The summed E-state index contributed by atoms with van der Waals surface area (Å²) in [6, 6.07) is 5.62. The van der Waals surface area contributed by atoms with Gasteiger partial charge in [0.25, 0.3) is 0 Å². The normalized spacial score (nSPS) is 10.5. The van der Waals surface area contributed by atoms with E-state index in [1.165, 1.54) is 0 Å². The third-order valence-electron chi connectivity index (χ3n) is 2.07. The molecule has 6 heteroatoms. The SMILES string of the molecule is CCc1nnnn1-c1ccc(Br)cc1N. The second kappa shape index (κ2) is 3.98. The third kappa shape index (κ3) is 1.85. The molecule has 0 unspecified atom stereocenters. The van der Waals surface area contributed by atoms with Gasteiger partial charge in [0, 0.05) is 10.9 Å². The monoisotopic (exact) mass is 267 g/mol. The van der Waals surface area contributed by atoms with E-state index in [-0.39, 0.29) is 0 Å². The summed E-state index contributed by atoms with van der Waals surface area (Å²) < 4.78 is 2.59. The van der Waals surface area contributed by atoms with Gasteiger partial charge >= 0.3 is 0 Å². The summed E-state index contributed by atoms with van der Waals surface area (Å²) in [4.78, 5) is 0. The van der Waals surface area contributed by atoms with Crippen LogP contribution in [-0.2, 0) is 6.42 Å². The first-order valence-corrected chi connectivity index (χ1v) is 5.34. The second-order valence-electron chi connectivity index (χ2n) is 3.06. The molecule has 0 amide bonds. The van der Waals surface area contributed by atoms with E-state index in [0.717, 1.165) is 22.4 Å². The maximum Gasteiger partial charge on any atom is 0.156 e. The molecule has 0 radical (unpaired) electrons. The number of hydrogen-bond acceptors (Lipinski definition) is 4. The fraction of sp³-hybridized carbons (Fsp3) is 0.222. The fourth-order valence-corrected chi connectivity index (χ4v) is 1.71. The molecule has 0 spiro atoms. The summed E-state index contributed by atoms with van der Waals surface area (Å²) in [5.41, 5.74) is 7.34. The van der Waals surface area contributed by atoms with Gasteiger partial charge in [-0.1, -0.05) is 22.9 Å². The molecule has 0 aliphatic rings. The van der Waals surface area contributed by atoms with Crippen LogP contribution >= 0.6 is 15.9 Å². The van der Waals surface area contributed by atoms with Crippen LogP contribution in [0.4, 0.5) is 5.69 Å². The van der Waals surface area contributed by atoms with E-state index in [9.17, 15) is 0 Å². The molecule has 0 aliphatic heterocycles. The van der Waals surface area contributed by atoms with Crippen molar-refractivity contribution in [2.75, 3.05) is 5.73 Å². The van der Waals surface area contributed by atoms with Crippen LogP contribution in [0.3, 0.4) is 0 Å². The Kier molecular flexibility index (Phi) is 2.68. The minimum Gasteiger partial charge on any atom is -0.397 e. The average Bonchev–Trinajstić information content (AvgIpc) is 2.65. The molecule has 0 aliphatic carbocycles. The topological polar surface area (TPSA) is 69.6 Å². The van der Waals surface area contributed by atoms with Crippen LogP contribution in [0.5, 0.6) is 0 Å². The van der Waals surface area contributed by atoms with Crippen molar-refractivity contribution in [1.29, 1.82) is 0 Å². The van der Waals surface area contributed by atoms with Gasteiger partial charge in [-0.25, -0.2) is 0 Å². The Balaban J connectivity index is 2.54. The van der Waals surface area contributed by atoms with E-state index in [4.69, 9.17) is 5.73 Å². The Morgan fingerprint density at radius 3 is 2.93 bits per heavy atom. The van der Waals surface area contributed by atoms with Crippen molar-refractivity contribution < 1.29 is 0 Å². The number of tetrazole rings is 1. The minimum atomic E-state index is 0.645. The summed E-state index contributed by atoms with van der Waals surface area (Å²) >= 11 is 3.35. The molecule has 0 fully saturated rings. The first kappa shape index (κ1) is 10.1. The summed E-state index contributed by atoms with van der Waals surface area (Å²) in [5, 5.41) is 11.4. The Hall–Kier alpha value is -1.43. The number of rotatable bonds is 2. The van der Waals surface area contributed by atoms with Crippen molar-refractivity contribution >= 4 is 21.6 Å². The number of nitrogens with zero attached hydrogens (tertiary/aromatic N) is 4. The Morgan fingerprint density at radius 1 is 1.47 bits per heavy atom. The summed E-state index contributed by atoms with van der Waals surface area (Å²) in [5.74, 6) is 0.795. The number of hydrogen-bond donors (Lipinski definition) is 1. The molecule has 0 saturated carbocycles. The maximum atomic E-state index is 5.89. The predicted octanol–water partition coefficient (Wildman–Crippen LogP) is 1.57.